The molecule has 0 radical (unpaired) electrons. The van der Waals surface area contributed by atoms with Crippen molar-refractivity contribution in [3.05, 3.63) is 0 Å². The van der Waals surface area contributed by atoms with Crippen LogP contribution in [-0.2, 0) is 14.3 Å². The number of hydrogen-bond acceptors (Lipinski definition) is 3. The molecule has 0 aromatic heterocycles. The summed E-state index contributed by atoms with van der Waals surface area (Å²) < 4.78 is 28.0. The van der Waals surface area contributed by atoms with Gasteiger partial charge in [-0.1, -0.05) is 0 Å². The standard InChI is InChI=1S/C10H15F2NO4/c11-8(12)6-17-4-3-9(14)13(5-10(15)16)7-1-2-7/h7-8H,1-6H2,(H,15,16). The van der Waals surface area contributed by atoms with Crippen LogP contribution in [0.5, 0.6) is 0 Å². The molecule has 1 saturated carbocycles. The van der Waals surface area contributed by atoms with Crippen LogP contribution in [0.3, 0.4) is 0 Å². The number of amides is 1. The predicted octanol–water partition coefficient (Wildman–Crippen LogP) is 0.734. The topological polar surface area (TPSA) is 66.8 Å². The minimum atomic E-state index is -2.55. The van der Waals surface area contributed by atoms with Gasteiger partial charge < -0.3 is 14.7 Å². The van der Waals surface area contributed by atoms with E-state index in [1.54, 1.807) is 0 Å². The first-order valence-electron chi connectivity index (χ1n) is 5.38. The Morgan fingerprint density at radius 3 is 2.53 bits per heavy atom. The summed E-state index contributed by atoms with van der Waals surface area (Å²) in [6, 6.07) is -0.00583. The van der Waals surface area contributed by atoms with E-state index in [4.69, 9.17) is 5.11 Å². The summed E-state index contributed by atoms with van der Waals surface area (Å²) in [5.74, 6) is -1.43. The quantitative estimate of drug-likeness (QED) is 0.646. The average Bonchev–Trinajstić information content (AvgIpc) is 3.03. The number of halogens is 2. The van der Waals surface area contributed by atoms with Crippen molar-refractivity contribution in [1.82, 2.24) is 4.90 Å². The van der Waals surface area contributed by atoms with E-state index < -0.39 is 19.0 Å². The van der Waals surface area contributed by atoms with Gasteiger partial charge in [0.05, 0.1) is 13.0 Å². The number of rotatable bonds is 8. The molecule has 0 unspecified atom stereocenters. The van der Waals surface area contributed by atoms with Crippen molar-refractivity contribution in [2.24, 2.45) is 0 Å². The van der Waals surface area contributed by atoms with Gasteiger partial charge >= 0.3 is 5.97 Å². The zero-order valence-electron chi connectivity index (χ0n) is 9.27. The Kier molecular flexibility index (Phi) is 5.27. The highest BCUT2D eigenvalue weighted by Crippen LogP contribution is 2.27. The summed E-state index contributed by atoms with van der Waals surface area (Å²) >= 11 is 0. The van der Waals surface area contributed by atoms with Gasteiger partial charge in [0.15, 0.2) is 0 Å². The van der Waals surface area contributed by atoms with Gasteiger partial charge in [0, 0.05) is 6.04 Å². The Bertz CT molecular complexity index is 281. The van der Waals surface area contributed by atoms with Crippen LogP contribution in [0.4, 0.5) is 8.78 Å². The molecule has 0 aliphatic heterocycles. The first kappa shape index (κ1) is 13.8. The summed E-state index contributed by atoms with van der Waals surface area (Å²) in [5.41, 5.74) is 0. The molecule has 1 N–H and O–H groups in total. The number of aliphatic carboxylic acids is 1. The molecule has 1 fully saturated rings. The van der Waals surface area contributed by atoms with Crippen molar-refractivity contribution < 1.29 is 28.2 Å². The number of nitrogens with zero attached hydrogens (tertiary/aromatic N) is 1. The van der Waals surface area contributed by atoms with E-state index in [9.17, 15) is 18.4 Å². The van der Waals surface area contributed by atoms with Crippen LogP contribution in [0, 0.1) is 0 Å². The maximum absolute atomic E-state index is 11.7. The molecule has 98 valence electrons. The number of carbonyl (C=O) groups is 2. The predicted molar refractivity (Wildman–Crippen MR) is 53.8 cm³/mol. The second-order valence-electron chi connectivity index (χ2n) is 3.86. The van der Waals surface area contributed by atoms with E-state index in [0.717, 1.165) is 12.8 Å². The van der Waals surface area contributed by atoms with Gasteiger partial charge in [-0.25, -0.2) is 8.78 Å². The molecule has 0 bridgehead atoms. The van der Waals surface area contributed by atoms with Gasteiger partial charge in [-0.15, -0.1) is 0 Å². The summed E-state index contributed by atoms with van der Waals surface area (Å²) in [7, 11) is 0. The first-order valence-corrected chi connectivity index (χ1v) is 5.38. The number of carboxylic acid groups (broad SMARTS) is 1. The monoisotopic (exact) mass is 251 g/mol. The SMILES string of the molecule is O=C(O)CN(C(=O)CCOCC(F)F)C1CC1. The lowest BCUT2D eigenvalue weighted by molar-refractivity contribution is -0.145. The maximum atomic E-state index is 11.7. The van der Waals surface area contributed by atoms with Crippen molar-refractivity contribution in [1.29, 1.82) is 0 Å². The van der Waals surface area contributed by atoms with Crippen molar-refractivity contribution in [2.75, 3.05) is 19.8 Å². The number of alkyl halides is 2. The highest BCUT2D eigenvalue weighted by atomic mass is 19.3. The van der Waals surface area contributed by atoms with Gasteiger partial charge in [-0.2, -0.15) is 0 Å². The molecule has 0 atom stereocenters. The summed E-state index contributed by atoms with van der Waals surface area (Å²) in [6.07, 6.45) is -1.01. The largest absolute Gasteiger partial charge is 0.480 e. The second-order valence-corrected chi connectivity index (χ2v) is 3.86. The maximum Gasteiger partial charge on any atom is 0.323 e. The minimum absolute atomic E-state index is 0.00583. The van der Waals surface area contributed by atoms with Crippen LogP contribution < -0.4 is 0 Å². The Balaban J connectivity index is 2.25. The van der Waals surface area contributed by atoms with Crippen molar-refractivity contribution >= 4 is 11.9 Å². The van der Waals surface area contributed by atoms with Crippen molar-refractivity contribution in [2.45, 2.75) is 31.7 Å². The van der Waals surface area contributed by atoms with Gasteiger partial charge in [0.25, 0.3) is 6.43 Å². The Labute approximate surface area is 97.3 Å². The Morgan fingerprint density at radius 2 is 2.06 bits per heavy atom. The molecule has 1 rings (SSSR count). The van der Waals surface area contributed by atoms with E-state index in [1.807, 2.05) is 0 Å². The molecular formula is C10H15F2NO4. The van der Waals surface area contributed by atoms with Gasteiger partial charge in [0.2, 0.25) is 5.91 Å². The fraction of sp³-hybridized carbons (Fsp3) is 0.800. The third kappa shape index (κ3) is 5.58. The third-order valence-electron chi connectivity index (χ3n) is 2.32. The Hall–Kier alpha value is -1.24. The fourth-order valence-corrected chi connectivity index (χ4v) is 1.43. The zero-order chi connectivity index (χ0) is 12.8. The van der Waals surface area contributed by atoms with Crippen LogP contribution >= 0.6 is 0 Å². The molecular weight excluding hydrogens is 236 g/mol. The lowest BCUT2D eigenvalue weighted by atomic mass is 10.3. The van der Waals surface area contributed by atoms with Gasteiger partial charge in [-0.05, 0) is 12.8 Å². The average molecular weight is 251 g/mol. The van der Waals surface area contributed by atoms with Crippen molar-refractivity contribution in [3.63, 3.8) is 0 Å². The van der Waals surface area contributed by atoms with E-state index in [2.05, 4.69) is 4.74 Å². The number of carbonyl (C=O) groups excluding carboxylic acids is 1. The highest BCUT2D eigenvalue weighted by molar-refractivity contribution is 5.82. The van der Waals surface area contributed by atoms with Crippen LogP contribution in [-0.4, -0.2) is 54.1 Å². The molecule has 1 aliphatic rings. The van der Waals surface area contributed by atoms with E-state index in [0.29, 0.717) is 0 Å². The van der Waals surface area contributed by atoms with Crippen LogP contribution in [0.1, 0.15) is 19.3 Å². The highest BCUT2D eigenvalue weighted by Gasteiger charge is 2.33. The first-order chi connectivity index (χ1) is 8.00. The van der Waals surface area contributed by atoms with E-state index >= 15 is 0 Å². The summed E-state index contributed by atoms with van der Waals surface area (Å²) in [4.78, 5) is 23.4. The van der Waals surface area contributed by atoms with Gasteiger partial charge in [0.1, 0.15) is 13.2 Å². The van der Waals surface area contributed by atoms with Gasteiger partial charge in [-0.3, -0.25) is 9.59 Å². The zero-order valence-corrected chi connectivity index (χ0v) is 9.27. The fourth-order valence-electron chi connectivity index (χ4n) is 1.43. The molecule has 0 aromatic carbocycles. The molecule has 0 saturated heterocycles. The molecule has 1 aliphatic carbocycles. The number of carboxylic acids is 1. The van der Waals surface area contributed by atoms with Crippen LogP contribution in [0.25, 0.3) is 0 Å². The minimum Gasteiger partial charge on any atom is -0.480 e. The lowest BCUT2D eigenvalue weighted by Crippen LogP contribution is -2.37. The molecule has 7 heteroatoms. The normalized spacial score (nSPS) is 15.0. The van der Waals surface area contributed by atoms with Crippen LogP contribution in [0.2, 0.25) is 0 Å². The number of hydrogen-bond donors (Lipinski definition) is 1. The van der Waals surface area contributed by atoms with Crippen molar-refractivity contribution in [3.8, 4) is 0 Å². The molecule has 1 amide bonds. The smallest absolute Gasteiger partial charge is 0.323 e. The summed E-state index contributed by atoms with van der Waals surface area (Å²) in [6.45, 7) is -1.14. The molecule has 0 aromatic rings. The van der Waals surface area contributed by atoms with E-state index in [-0.39, 0.29) is 31.5 Å². The Morgan fingerprint density at radius 1 is 1.41 bits per heavy atom. The van der Waals surface area contributed by atoms with Crippen LogP contribution in [0.15, 0.2) is 0 Å². The summed E-state index contributed by atoms with van der Waals surface area (Å²) in [5, 5.41) is 8.63. The molecule has 17 heavy (non-hydrogen) atoms. The third-order valence-corrected chi connectivity index (χ3v) is 2.32. The lowest BCUT2D eigenvalue weighted by Gasteiger charge is -2.20. The second kappa shape index (κ2) is 6.48. The molecule has 0 heterocycles. The molecule has 5 nitrogen and oxygen atoms in total. The molecule has 0 spiro atoms. The van der Waals surface area contributed by atoms with E-state index in [1.165, 1.54) is 4.90 Å². The number of ether oxygens (including phenoxy) is 1.